The first-order chi connectivity index (χ1) is 4.25. The van der Waals surface area contributed by atoms with E-state index in [1.807, 2.05) is 0 Å². The minimum atomic E-state index is -1.00. The SMILES string of the molecule is O=C(O)/C(=C\O)C1CC1. The zero-order valence-corrected chi connectivity index (χ0v) is 4.87. The third-order valence-corrected chi connectivity index (χ3v) is 1.40. The third kappa shape index (κ3) is 1.22. The maximum atomic E-state index is 10.2. The van der Waals surface area contributed by atoms with E-state index >= 15 is 0 Å². The molecule has 0 spiro atoms. The Bertz CT molecular complexity index is 156. The van der Waals surface area contributed by atoms with E-state index in [-0.39, 0.29) is 11.5 Å². The van der Waals surface area contributed by atoms with E-state index < -0.39 is 5.97 Å². The van der Waals surface area contributed by atoms with Crippen LogP contribution in [0.3, 0.4) is 0 Å². The molecule has 3 nitrogen and oxygen atoms in total. The number of carboxylic acids is 1. The molecule has 1 aliphatic rings. The molecule has 0 heterocycles. The molecule has 1 rings (SSSR count). The zero-order valence-electron chi connectivity index (χ0n) is 4.87. The first-order valence-electron chi connectivity index (χ1n) is 2.83. The number of hydrogen-bond donors (Lipinski definition) is 2. The van der Waals surface area contributed by atoms with Crippen molar-refractivity contribution in [1.29, 1.82) is 0 Å². The van der Waals surface area contributed by atoms with Crippen molar-refractivity contribution in [2.75, 3.05) is 0 Å². The van der Waals surface area contributed by atoms with Crippen LogP contribution < -0.4 is 0 Å². The van der Waals surface area contributed by atoms with Crippen LogP contribution >= 0.6 is 0 Å². The second-order valence-corrected chi connectivity index (χ2v) is 2.16. The number of aliphatic hydroxyl groups is 1. The second kappa shape index (κ2) is 2.09. The van der Waals surface area contributed by atoms with Gasteiger partial charge >= 0.3 is 5.97 Å². The van der Waals surface area contributed by atoms with Crippen LogP contribution in [-0.2, 0) is 4.79 Å². The van der Waals surface area contributed by atoms with Crippen LogP contribution in [0, 0.1) is 5.92 Å². The molecule has 0 amide bonds. The molecule has 50 valence electrons. The van der Waals surface area contributed by atoms with Gasteiger partial charge in [-0.2, -0.15) is 0 Å². The average Bonchev–Trinajstić information content (AvgIpc) is 2.50. The maximum Gasteiger partial charge on any atom is 0.334 e. The van der Waals surface area contributed by atoms with Gasteiger partial charge in [0.2, 0.25) is 0 Å². The lowest BCUT2D eigenvalue weighted by molar-refractivity contribution is -0.133. The van der Waals surface area contributed by atoms with Gasteiger partial charge in [0.1, 0.15) is 0 Å². The Hall–Kier alpha value is -0.990. The summed E-state index contributed by atoms with van der Waals surface area (Å²) in [7, 11) is 0. The molecule has 3 heteroatoms. The molecular formula is C6H8O3. The fourth-order valence-corrected chi connectivity index (χ4v) is 0.730. The summed E-state index contributed by atoms with van der Waals surface area (Å²) in [6.07, 6.45) is 2.50. The van der Waals surface area contributed by atoms with Crippen LogP contribution in [0.4, 0.5) is 0 Å². The fourth-order valence-electron chi connectivity index (χ4n) is 0.730. The molecular weight excluding hydrogens is 120 g/mol. The summed E-state index contributed by atoms with van der Waals surface area (Å²) in [6, 6.07) is 0. The molecule has 0 aliphatic heterocycles. The summed E-state index contributed by atoms with van der Waals surface area (Å²) in [5, 5.41) is 16.7. The number of carboxylic acid groups (broad SMARTS) is 1. The van der Waals surface area contributed by atoms with Gasteiger partial charge in [-0.15, -0.1) is 0 Å². The van der Waals surface area contributed by atoms with Crippen molar-refractivity contribution in [3.05, 3.63) is 11.8 Å². The average molecular weight is 128 g/mol. The molecule has 0 unspecified atom stereocenters. The summed E-state index contributed by atoms with van der Waals surface area (Å²) < 4.78 is 0. The Kier molecular flexibility index (Phi) is 1.42. The summed E-state index contributed by atoms with van der Waals surface area (Å²) in [5.41, 5.74) is 0.148. The summed E-state index contributed by atoms with van der Waals surface area (Å²) in [4.78, 5) is 10.2. The van der Waals surface area contributed by atoms with E-state index in [1.165, 1.54) is 0 Å². The van der Waals surface area contributed by atoms with E-state index in [1.54, 1.807) is 0 Å². The molecule has 0 saturated heterocycles. The minimum Gasteiger partial charge on any atom is -0.515 e. The van der Waals surface area contributed by atoms with Gasteiger partial charge in [-0.05, 0) is 18.8 Å². The first-order valence-corrected chi connectivity index (χ1v) is 2.83. The van der Waals surface area contributed by atoms with Crippen LogP contribution in [0.2, 0.25) is 0 Å². The largest absolute Gasteiger partial charge is 0.515 e. The van der Waals surface area contributed by atoms with Crippen molar-refractivity contribution in [2.45, 2.75) is 12.8 Å². The van der Waals surface area contributed by atoms with Crippen molar-refractivity contribution < 1.29 is 15.0 Å². The summed E-state index contributed by atoms with van der Waals surface area (Å²) in [6.45, 7) is 0. The molecule has 0 aromatic heterocycles. The predicted octanol–water partition coefficient (Wildman–Crippen LogP) is 0.923. The number of aliphatic carboxylic acids is 1. The van der Waals surface area contributed by atoms with E-state index in [9.17, 15) is 4.79 Å². The molecule has 2 N–H and O–H groups in total. The summed E-state index contributed by atoms with van der Waals surface area (Å²) in [5.74, 6) is -0.882. The van der Waals surface area contributed by atoms with Gasteiger partial charge in [0.15, 0.2) is 0 Å². The number of rotatable bonds is 2. The second-order valence-electron chi connectivity index (χ2n) is 2.16. The Morgan fingerprint density at radius 2 is 2.11 bits per heavy atom. The molecule has 1 fully saturated rings. The summed E-state index contributed by atoms with van der Waals surface area (Å²) >= 11 is 0. The topological polar surface area (TPSA) is 57.5 Å². The molecule has 1 saturated carbocycles. The molecule has 0 radical (unpaired) electrons. The number of hydrogen-bond acceptors (Lipinski definition) is 2. The number of carbonyl (C=O) groups is 1. The van der Waals surface area contributed by atoms with Crippen LogP contribution in [0.25, 0.3) is 0 Å². The lowest BCUT2D eigenvalue weighted by Crippen LogP contribution is -2.01. The van der Waals surface area contributed by atoms with Gasteiger partial charge in [-0.1, -0.05) is 0 Å². The number of aliphatic hydroxyl groups excluding tert-OH is 1. The van der Waals surface area contributed by atoms with Crippen molar-refractivity contribution in [3.8, 4) is 0 Å². The van der Waals surface area contributed by atoms with E-state index in [4.69, 9.17) is 10.2 Å². The quantitative estimate of drug-likeness (QED) is 0.429. The smallest absolute Gasteiger partial charge is 0.334 e. The van der Waals surface area contributed by atoms with Crippen LogP contribution in [-0.4, -0.2) is 16.2 Å². The standard InChI is InChI=1S/C6H8O3/c7-3-5(6(8)9)4-1-2-4/h3-4,7H,1-2H2,(H,8,9)/b5-3-. The van der Waals surface area contributed by atoms with Crippen LogP contribution in [0.15, 0.2) is 11.8 Å². The maximum absolute atomic E-state index is 10.2. The van der Waals surface area contributed by atoms with Gasteiger partial charge < -0.3 is 10.2 Å². The lowest BCUT2D eigenvalue weighted by atomic mass is 10.2. The first kappa shape index (κ1) is 6.13. The Morgan fingerprint density at radius 1 is 1.56 bits per heavy atom. The van der Waals surface area contributed by atoms with Gasteiger partial charge in [-0.25, -0.2) is 4.79 Å². The third-order valence-electron chi connectivity index (χ3n) is 1.40. The molecule has 0 aromatic carbocycles. The van der Waals surface area contributed by atoms with Crippen LogP contribution in [0.1, 0.15) is 12.8 Å². The highest BCUT2D eigenvalue weighted by Gasteiger charge is 2.30. The lowest BCUT2D eigenvalue weighted by Gasteiger charge is -1.92. The normalized spacial score (nSPS) is 19.8. The van der Waals surface area contributed by atoms with Crippen molar-refractivity contribution in [1.82, 2.24) is 0 Å². The monoisotopic (exact) mass is 128 g/mol. The van der Waals surface area contributed by atoms with Crippen molar-refractivity contribution in [3.63, 3.8) is 0 Å². The molecule has 0 atom stereocenters. The van der Waals surface area contributed by atoms with Gasteiger partial charge in [0.05, 0.1) is 11.8 Å². The predicted molar refractivity (Wildman–Crippen MR) is 31.1 cm³/mol. The van der Waals surface area contributed by atoms with E-state index in [0.29, 0.717) is 6.26 Å². The van der Waals surface area contributed by atoms with Gasteiger partial charge in [0.25, 0.3) is 0 Å². The molecule has 0 bridgehead atoms. The Balaban J connectivity index is 2.59. The highest BCUT2D eigenvalue weighted by Crippen LogP contribution is 2.35. The van der Waals surface area contributed by atoms with Gasteiger partial charge in [-0.3, -0.25) is 0 Å². The Morgan fingerprint density at radius 3 is 2.22 bits per heavy atom. The molecule has 0 aromatic rings. The van der Waals surface area contributed by atoms with Gasteiger partial charge in [0, 0.05) is 0 Å². The fraction of sp³-hybridized carbons (Fsp3) is 0.500. The molecule has 1 aliphatic carbocycles. The van der Waals surface area contributed by atoms with Crippen molar-refractivity contribution in [2.24, 2.45) is 5.92 Å². The van der Waals surface area contributed by atoms with Crippen molar-refractivity contribution >= 4 is 5.97 Å². The van der Waals surface area contributed by atoms with Crippen LogP contribution in [0.5, 0.6) is 0 Å². The van der Waals surface area contributed by atoms with E-state index in [2.05, 4.69) is 0 Å². The molecule has 9 heavy (non-hydrogen) atoms. The highest BCUT2D eigenvalue weighted by molar-refractivity contribution is 5.87. The zero-order chi connectivity index (χ0) is 6.85. The minimum absolute atomic E-state index is 0.118. The Labute approximate surface area is 52.6 Å². The highest BCUT2D eigenvalue weighted by atomic mass is 16.4. The van der Waals surface area contributed by atoms with E-state index in [0.717, 1.165) is 12.8 Å².